The smallest absolute Gasteiger partial charge is 0.219 e. The summed E-state index contributed by atoms with van der Waals surface area (Å²) in [6.45, 7) is 8.10. The van der Waals surface area contributed by atoms with Gasteiger partial charge in [-0.3, -0.25) is 15.0 Å². The van der Waals surface area contributed by atoms with Crippen molar-refractivity contribution >= 4 is 5.91 Å². The molecule has 1 spiro atoms. The molecule has 0 aromatic carbocycles. The minimum absolute atomic E-state index is 0.256. The maximum absolute atomic E-state index is 12.3. The van der Waals surface area contributed by atoms with Crippen LogP contribution >= 0.6 is 0 Å². The molecule has 8 atom stereocenters. The number of rotatable bonds is 6. The van der Waals surface area contributed by atoms with Crippen molar-refractivity contribution in [1.29, 1.82) is 0 Å². The maximum atomic E-state index is 12.3. The number of ether oxygens (including phenoxy) is 2. The van der Waals surface area contributed by atoms with E-state index in [1.807, 2.05) is 7.11 Å². The van der Waals surface area contributed by atoms with Crippen molar-refractivity contribution in [2.45, 2.75) is 107 Å². The Hall–Kier alpha value is -0.770. The van der Waals surface area contributed by atoms with E-state index in [0.717, 1.165) is 45.6 Å². The zero-order valence-corrected chi connectivity index (χ0v) is 21.8. The lowest BCUT2D eigenvalue weighted by molar-refractivity contribution is -0.203. The Morgan fingerprint density at radius 2 is 1.89 bits per heavy atom. The number of likely N-dealkylation sites (tertiary alicyclic amines) is 2. The number of nitrogens with one attached hydrogen (secondary N) is 3. The van der Waals surface area contributed by atoms with E-state index in [-0.39, 0.29) is 12.0 Å². The van der Waals surface area contributed by atoms with Crippen LogP contribution in [0.25, 0.3) is 0 Å². The van der Waals surface area contributed by atoms with E-state index in [1.165, 1.54) is 51.6 Å². The number of nitrogens with zero attached hydrogens (tertiary/aromatic N) is 2. The molecule has 1 amide bonds. The third-order valence-electron chi connectivity index (χ3n) is 10.2. The average Bonchev–Trinajstić information content (AvgIpc) is 3.24. The summed E-state index contributed by atoms with van der Waals surface area (Å²) in [5, 5.41) is 11.7. The van der Waals surface area contributed by atoms with Crippen LogP contribution in [-0.4, -0.2) is 105 Å². The highest BCUT2D eigenvalue weighted by Gasteiger charge is 2.51. The third kappa shape index (κ3) is 4.91. The summed E-state index contributed by atoms with van der Waals surface area (Å²) in [5.74, 6) is 0.947. The second kappa shape index (κ2) is 10.2. The predicted octanol–water partition coefficient (Wildman–Crippen LogP) is 1.30. The lowest BCUT2D eigenvalue weighted by atomic mass is 9.75. The van der Waals surface area contributed by atoms with E-state index in [4.69, 9.17) is 9.47 Å². The summed E-state index contributed by atoms with van der Waals surface area (Å²) >= 11 is 0. The zero-order valence-electron chi connectivity index (χ0n) is 21.8. The summed E-state index contributed by atoms with van der Waals surface area (Å²) in [7, 11) is 1.89. The van der Waals surface area contributed by atoms with Gasteiger partial charge < -0.3 is 25.0 Å². The largest absolute Gasteiger partial charge is 0.380 e. The monoisotopic (exact) mass is 489 g/mol. The molecular weight excluding hydrogens is 442 g/mol. The summed E-state index contributed by atoms with van der Waals surface area (Å²) in [4.78, 5) is 17.1. The molecule has 4 heterocycles. The van der Waals surface area contributed by atoms with Crippen LogP contribution in [-0.2, 0) is 14.3 Å². The number of hydrogen-bond acceptors (Lipinski definition) is 7. The van der Waals surface area contributed by atoms with Gasteiger partial charge in [0.15, 0.2) is 0 Å². The van der Waals surface area contributed by atoms with Gasteiger partial charge in [0, 0.05) is 69.3 Å². The summed E-state index contributed by atoms with van der Waals surface area (Å²) in [5.41, 5.74) is 0.490. The number of carbonyl (C=O) groups is 1. The zero-order chi connectivity index (χ0) is 24.0. The van der Waals surface area contributed by atoms with E-state index in [9.17, 15) is 4.79 Å². The highest BCUT2D eigenvalue weighted by Crippen LogP contribution is 2.41. The van der Waals surface area contributed by atoms with Gasteiger partial charge in [-0.05, 0) is 63.8 Å². The number of amides is 1. The van der Waals surface area contributed by atoms with E-state index in [1.54, 1.807) is 6.92 Å². The Morgan fingerprint density at radius 1 is 1.03 bits per heavy atom. The van der Waals surface area contributed by atoms with Crippen LogP contribution in [0.1, 0.15) is 64.7 Å². The molecule has 2 aliphatic carbocycles. The molecule has 0 aromatic heterocycles. The Balaban J connectivity index is 1.00. The molecule has 6 fully saturated rings. The van der Waals surface area contributed by atoms with Crippen LogP contribution in [0.2, 0.25) is 0 Å². The van der Waals surface area contributed by atoms with E-state index in [2.05, 4.69) is 25.8 Å². The number of hydrogen-bond donors (Lipinski definition) is 3. The van der Waals surface area contributed by atoms with E-state index < -0.39 is 0 Å². The molecule has 35 heavy (non-hydrogen) atoms. The Labute approximate surface area is 211 Å². The number of methoxy groups -OCH3 is 1. The molecule has 8 nitrogen and oxygen atoms in total. The molecule has 8 heteroatoms. The predicted molar refractivity (Wildman–Crippen MR) is 135 cm³/mol. The standard InChI is InChI=1S/C27H47N5O3/c1-18(33)32-11-9-19-4-3-5-23(26(19)32)29-20-8-10-28-25(12-20)30-22-7-6-21(13-24(22)34-2)31-14-27(15-31)16-35-17-27/h19-26,28-30H,3-17H2,1-2H3. The van der Waals surface area contributed by atoms with Gasteiger partial charge in [0.25, 0.3) is 0 Å². The van der Waals surface area contributed by atoms with E-state index in [0.29, 0.717) is 47.7 Å². The third-order valence-corrected chi connectivity index (χ3v) is 10.2. The average molecular weight is 490 g/mol. The molecule has 198 valence electrons. The molecule has 4 aliphatic heterocycles. The fraction of sp³-hybridized carbons (Fsp3) is 0.963. The quantitative estimate of drug-likeness (QED) is 0.519. The van der Waals surface area contributed by atoms with Gasteiger partial charge in [0.1, 0.15) is 0 Å². The summed E-state index contributed by atoms with van der Waals surface area (Å²) < 4.78 is 11.5. The van der Waals surface area contributed by atoms with Crippen molar-refractivity contribution in [3.8, 4) is 0 Å². The first-order chi connectivity index (χ1) is 17.0. The second-order valence-corrected chi connectivity index (χ2v) is 12.6. The lowest BCUT2D eigenvalue weighted by Crippen LogP contribution is -2.69. The number of piperidine rings is 1. The van der Waals surface area contributed by atoms with Crippen LogP contribution in [0.3, 0.4) is 0 Å². The molecule has 6 aliphatic rings. The minimum atomic E-state index is 0.256. The molecular formula is C27H47N5O3. The first kappa shape index (κ1) is 24.6. The van der Waals surface area contributed by atoms with Crippen molar-refractivity contribution in [3.05, 3.63) is 0 Å². The fourth-order valence-corrected chi connectivity index (χ4v) is 8.35. The van der Waals surface area contributed by atoms with Crippen LogP contribution in [0.5, 0.6) is 0 Å². The normalized spacial score (nSPS) is 43.4. The number of carbonyl (C=O) groups excluding carboxylic acids is 1. The highest BCUT2D eigenvalue weighted by atomic mass is 16.5. The van der Waals surface area contributed by atoms with Gasteiger partial charge in [-0.15, -0.1) is 0 Å². The molecule has 0 radical (unpaired) electrons. The Bertz CT molecular complexity index is 755. The van der Waals surface area contributed by atoms with Crippen LogP contribution in [0, 0.1) is 11.3 Å². The lowest BCUT2D eigenvalue weighted by Gasteiger charge is -2.58. The van der Waals surface area contributed by atoms with Gasteiger partial charge in [0.05, 0.1) is 25.5 Å². The van der Waals surface area contributed by atoms with Crippen molar-refractivity contribution in [1.82, 2.24) is 25.8 Å². The first-order valence-corrected chi connectivity index (χ1v) is 14.4. The minimum Gasteiger partial charge on any atom is -0.380 e. The van der Waals surface area contributed by atoms with Gasteiger partial charge in [0.2, 0.25) is 5.91 Å². The van der Waals surface area contributed by atoms with Gasteiger partial charge in [-0.1, -0.05) is 6.42 Å². The maximum Gasteiger partial charge on any atom is 0.219 e. The van der Waals surface area contributed by atoms with Crippen molar-refractivity contribution in [2.75, 3.05) is 46.5 Å². The topological polar surface area (TPSA) is 78.1 Å². The fourth-order valence-electron chi connectivity index (χ4n) is 8.35. The molecule has 8 unspecified atom stereocenters. The molecule has 0 aromatic rings. The van der Waals surface area contributed by atoms with Crippen molar-refractivity contribution in [2.24, 2.45) is 11.3 Å². The van der Waals surface area contributed by atoms with Crippen molar-refractivity contribution < 1.29 is 14.3 Å². The summed E-state index contributed by atoms with van der Waals surface area (Å²) in [6, 6.07) is 2.44. The highest BCUT2D eigenvalue weighted by molar-refractivity contribution is 5.74. The van der Waals surface area contributed by atoms with Gasteiger partial charge in [-0.25, -0.2) is 0 Å². The molecule has 4 saturated heterocycles. The van der Waals surface area contributed by atoms with Gasteiger partial charge >= 0.3 is 0 Å². The van der Waals surface area contributed by atoms with Crippen LogP contribution < -0.4 is 16.0 Å². The van der Waals surface area contributed by atoms with E-state index >= 15 is 0 Å². The molecule has 3 N–H and O–H groups in total. The molecule has 6 rings (SSSR count). The van der Waals surface area contributed by atoms with Crippen LogP contribution in [0.15, 0.2) is 0 Å². The van der Waals surface area contributed by atoms with Crippen molar-refractivity contribution in [3.63, 3.8) is 0 Å². The SMILES string of the molecule is COC1CC(N2CC3(COC3)C2)CCC1NC1CC(NC2CCCC3CCN(C(C)=O)C32)CCN1. The Morgan fingerprint density at radius 3 is 2.63 bits per heavy atom. The second-order valence-electron chi connectivity index (χ2n) is 12.6. The first-order valence-electron chi connectivity index (χ1n) is 14.4. The van der Waals surface area contributed by atoms with Crippen LogP contribution in [0.4, 0.5) is 0 Å². The van der Waals surface area contributed by atoms with Gasteiger partial charge in [-0.2, -0.15) is 0 Å². The molecule has 0 bridgehead atoms. The molecule has 2 saturated carbocycles. The summed E-state index contributed by atoms with van der Waals surface area (Å²) in [6.07, 6.45) is 11.4. The number of fused-ring (bicyclic) bond motifs is 1. The Kier molecular flexibility index (Phi) is 7.14.